The Morgan fingerprint density at radius 2 is 1.29 bits per heavy atom. The highest BCUT2D eigenvalue weighted by Gasteiger charge is 2.51. The Kier molecular flexibility index (Phi) is 11.2. The summed E-state index contributed by atoms with van der Waals surface area (Å²) >= 11 is 0. The molecule has 0 bridgehead atoms. The van der Waals surface area contributed by atoms with Crippen LogP contribution in [0.1, 0.15) is 17.2 Å². The monoisotopic (exact) mass is 729 g/mol. The SMILES string of the molecule is OCC1OC(Oc2cc(O)cc3c2C=C(OC2OC(CO)C(O)C(O)C2OC2OCC(O)C(O)C2O)C(c2ccc(O)cc2)[OH+]3)C(O)C(O)C1O. The lowest BCUT2D eigenvalue weighted by atomic mass is 9.97. The maximum atomic E-state index is 11.1. The molecule has 4 aliphatic heterocycles. The summed E-state index contributed by atoms with van der Waals surface area (Å²) in [5.41, 5.74) is 0.547. The number of hydrogen-bond donors (Lipinski definition) is 12. The first-order chi connectivity index (χ1) is 24.3. The molecule has 0 aromatic heterocycles. The van der Waals surface area contributed by atoms with Crippen LogP contribution in [-0.4, -0.2) is 172 Å². The van der Waals surface area contributed by atoms with Gasteiger partial charge in [-0.15, -0.1) is 0 Å². The van der Waals surface area contributed by atoms with E-state index in [1.54, 1.807) is 0 Å². The summed E-state index contributed by atoms with van der Waals surface area (Å²) in [5.74, 6) is -0.524. The fraction of sp³-hybridized carbons (Fsp3) is 0.562. The van der Waals surface area contributed by atoms with E-state index >= 15 is 0 Å². The Morgan fingerprint density at radius 1 is 0.667 bits per heavy atom. The van der Waals surface area contributed by atoms with Gasteiger partial charge < -0.3 is 94.4 Å². The lowest BCUT2D eigenvalue weighted by molar-refractivity contribution is -0.353. The third-order valence-corrected chi connectivity index (χ3v) is 9.05. The van der Waals surface area contributed by atoms with Crippen molar-refractivity contribution in [1.82, 2.24) is 0 Å². The third-order valence-electron chi connectivity index (χ3n) is 9.05. The van der Waals surface area contributed by atoms with Crippen LogP contribution in [0.4, 0.5) is 0 Å². The van der Waals surface area contributed by atoms with E-state index in [-0.39, 0.29) is 34.3 Å². The van der Waals surface area contributed by atoms with E-state index in [9.17, 15) is 61.3 Å². The van der Waals surface area contributed by atoms with Crippen molar-refractivity contribution in [3.8, 4) is 23.0 Å². The van der Waals surface area contributed by atoms with E-state index in [0.29, 0.717) is 5.56 Å². The molecular weight excluding hydrogens is 688 g/mol. The molecular formula is C32H41O19+. The number of aliphatic hydroxyl groups is 11. The van der Waals surface area contributed by atoms with Crippen LogP contribution < -0.4 is 4.74 Å². The van der Waals surface area contributed by atoms with Crippen molar-refractivity contribution < 1.29 is 94.4 Å². The van der Waals surface area contributed by atoms with Crippen LogP contribution >= 0.6 is 0 Å². The zero-order valence-corrected chi connectivity index (χ0v) is 26.6. The number of phenolic OH excluding ortho intramolecular Hbond substituents is 2. The van der Waals surface area contributed by atoms with E-state index in [2.05, 4.69) is 0 Å². The van der Waals surface area contributed by atoms with Gasteiger partial charge in [0.1, 0.15) is 83.9 Å². The zero-order valence-electron chi connectivity index (χ0n) is 26.6. The van der Waals surface area contributed by atoms with E-state index in [4.69, 9.17) is 33.2 Å². The van der Waals surface area contributed by atoms with Crippen molar-refractivity contribution in [2.24, 2.45) is 0 Å². The van der Waals surface area contributed by atoms with Crippen molar-refractivity contribution in [1.29, 1.82) is 0 Å². The molecule has 0 radical (unpaired) electrons. The number of phenols is 2. The molecule has 0 spiro atoms. The van der Waals surface area contributed by atoms with Gasteiger partial charge in [-0.25, -0.2) is 0 Å². The van der Waals surface area contributed by atoms with Gasteiger partial charge in [0, 0.05) is 12.1 Å². The molecule has 0 saturated carbocycles. The number of benzene rings is 2. The topological polar surface area (TPSA) is 311 Å². The largest absolute Gasteiger partial charge is 0.571 e. The van der Waals surface area contributed by atoms with E-state index in [1.165, 1.54) is 36.4 Å². The smallest absolute Gasteiger partial charge is 0.270 e. The third kappa shape index (κ3) is 7.45. The Balaban J connectivity index is 1.38. The zero-order chi connectivity index (χ0) is 36.7. The molecule has 0 aliphatic carbocycles. The van der Waals surface area contributed by atoms with Crippen molar-refractivity contribution in [2.45, 2.75) is 92.1 Å². The highest BCUT2D eigenvalue weighted by molar-refractivity contribution is 5.69. The molecule has 15 atom stereocenters. The standard InChI is InChI=1S/C32H40O19/c33-8-19-22(39)24(41)27(44)31(49-19)47-17-6-13(36)5-16-14(17)7-18(28(46-16)11-1-3-12(35)4-2-11)48-32-29(25(42)23(40)20(9-34)50-32)51-30-26(43)21(38)15(37)10-45-30/h1-7,15,19-44H,8-10H2/p+1. The molecule has 15 unspecified atom stereocenters. The van der Waals surface area contributed by atoms with Gasteiger partial charge in [0.2, 0.25) is 12.6 Å². The number of hydrogen-bond acceptors (Lipinski definition) is 18. The summed E-state index contributed by atoms with van der Waals surface area (Å²) in [5, 5.41) is 123. The molecule has 19 nitrogen and oxygen atoms in total. The summed E-state index contributed by atoms with van der Waals surface area (Å²) < 4.78 is 39.2. The van der Waals surface area contributed by atoms with Crippen LogP contribution in [0.25, 0.3) is 6.08 Å². The number of aromatic hydroxyl groups is 3. The minimum Gasteiger partial charge on any atom is -0.571 e. The highest BCUT2D eigenvalue weighted by atomic mass is 16.8. The first-order valence-electron chi connectivity index (χ1n) is 16.0. The molecule has 6 rings (SSSR count). The van der Waals surface area contributed by atoms with Crippen LogP contribution in [0, 0.1) is 0 Å². The lowest BCUT2D eigenvalue weighted by Crippen LogP contribution is -2.63. The summed E-state index contributed by atoms with van der Waals surface area (Å²) in [6.45, 7) is -1.96. The van der Waals surface area contributed by atoms with Crippen molar-refractivity contribution in [2.75, 3.05) is 19.8 Å². The van der Waals surface area contributed by atoms with Gasteiger partial charge >= 0.3 is 0 Å². The molecule has 3 fully saturated rings. The van der Waals surface area contributed by atoms with Crippen molar-refractivity contribution >= 4 is 6.08 Å². The first kappa shape index (κ1) is 37.4. The lowest BCUT2D eigenvalue weighted by Gasteiger charge is -2.45. The molecule has 51 heavy (non-hydrogen) atoms. The van der Waals surface area contributed by atoms with E-state index < -0.39 is 112 Å². The van der Waals surface area contributed by atoms with Gasteiger partial charge in [-0.1, -0.05) is 0 Å². The second-order valence-corrected chi connectivity index (χ2v) is 12.5. The van der Waals surface area contributed by atoms with Crippen molar-refractivity contribution in [3.05, 3.63) is 53.3 Å². The molecule has 2 aromatic carbocycles. The van der Waals surface area contributed by atoms with Crippen LogP contribution in [-0.2, 0) is 23.7 Å². The fourth-order valence-corrected chi connectivity index (χ4v) is 6.14. The predicted octanol–water partition coefficient (Wildman–Crippen LogP) is -4.11. The summed E-state index contributed by atoms with van der Waals surface area (Å²) in [6, 6.07) is 8.20. The van der Waals surface area contributed by atoms with Gasteiger partial charge in [0.15, 0.2) is 18.2 Å². The fourth-order valence-electron chi connectivity index (χ4n) is 6.14. The van der Waals surface area contributed by atoms with Gasteiger partial charge in [-0.3, -0.25) is 0 Å². The van der Waals surface area contributed by atoms with Gasteiger partial charge in [-0.2, -0.15) is 0 Å². The summed E-state index contributed by atoms with van der Waals surface area (Å²) in [4.78, 5) is 0. The summed E-state index contributed by atoms with van der Waals surface area (Å²) in [7, 11) is 0. The number of aliphatic hydroxyl groups excluding tert-OH is 10. The Bertz CT molecular complexity index is 1520. The number of ether oxygens (including phenoxy) is 7. The Labute approximate surface area is 288 Å². The molecule has 2 aromatic rings. The highest BCUT2D eigenvalue weighted by Crippen LogP contribution is 2.47. The molecule has 4 heterocycles. The minimum atomic E-state index is -1.83. The second kappa shape index (κ2) is 15.3. The van der Waals surface area contributed by atoms with E-state index in [0.717, 1.165) is 6.07 Å². The van der Waals surface area contributed by atoms with Crippen molar-refractivity contribution in [3.63, 3.8) is 0 Å². The molecule has 3 saturated heterocycles. The van der Waals surface area contributed by atoms with Crippen LogP contribution in [0.3, 0.4) is 0 Å². The second-order valence-electron chi connectivity index (χ2n) is 12.5. The quantitative estimate of drug-likeness (QED) is 0.109. The van der Waals surface area contributed by atoms with Gasteiger partial charge in [-0.05, 0) is 24.3 Å². The molecule has 0 amide bonds. The maximum Gasteiger partial charge on any atom is 0.270 e. The predicted molar refractivity (Wildman–Crippen MR) is 164 cm³/mol. The average Bonchev–Trinajstić information content (AvgIpc) is 3.11. The maximum absolute atomic E-state index is 11.1. The molecule has 19 heteroatoms. The molecule has 13 N–H and O–H groups in total. The minimum absolute atomic E-state index is 0.0584. The van der Waals surface area contributed by atoms with Crippen LogP contribution in [0.15, 0.2) is 42.2 Å². The number of rotatable bonds is 9. The van der Waals surface area contributed by atoms with Gasteiger partial charge in [0.05, 0.1) is 31.5 Å². The Morgan fingerprint density at radius 3 is 1.96 bits per heavy atom. The average molecular weight is 730 g/mol. The van der Waals surface area contributed by atoms with Crippen LogP contribution in [0.2, 0.25) is 0 Å². The first-order valence-corrected chi connectivity index (χ1v) is 16.0. The molecule has 282 valence electrons. The number of fused-ring (bicyclic) bond motifs is 1. The Hall–Kier alpha value is -3.38. The summed E-state index contributed by atoms with van der Waals surface area (Å²) in [6.07, 6.45) is -22.8. The van der Waals surface area contributed by atoms with E-state index in [1.807, 2.05) is 0 Å². The van der Waals surface area contributed by atoms with Gasteiger partial charge in [0.25, 0.3) is 11.9 Å². The molecule has 4 aliphatic rings. The normalized spacial score (nSPS) is 39.7. The van der Waals surface area contributed by atoms with Crippen LogP contribution in [0.5, 0.6) is 23.0 Å².